The Morgan fingerprint density at radius 3 is 3.05 bits per heavy atom. The molecular weight excluding hydrogens is 284 g/mol. The van der Waals surface area contributed by atoms with Gasteiger partial charge >= 0.3 is 0 Å². The van der Waals surface area contributed by atoms with Crippen molar-refractivity contribution in [2.75, 3.05) is 7.11 Å². The van der Waals surface area contributed by atoms with Crippen LogP contribution in [0.3, 0.4) is 0 Å². The number of fused-ring (bicyclic) bond motifs is 1. The predicted molar refractivity (Wildman–Crippen MR) is 78.5 cm³/mol. The van der Waals surface area contributed by atoms with Crippen molar-refractivity contribution < 1.29 is 13.9 Å². The number of methoxy groups -OCH3 is 1. The first-order valence-corrected chi connectivity index (χ1v) is 6.66. The number of pyridine rings is 2. The van der Waals surface area contributed by atoms with Gasteiger partial charge in [0.15, 0.2) is 11.2 Å². The second kappa shape index (κ2) is 5.80. The summed E-state index contributed by atoms with van der Waals surface area (Å²) in [4.78, 5) is 24.6. The highest BCUT2D eigenvalue weighted by Crippen LogP contribution is 2.18. The molecule has 112 valence electrons. The van der Waals surface area contributed by atoms with Gasteiger partial charge in [0.25, 0.3) is 5.91 Å². The monoisotopic (exact) mass is 298 g/mol. The normalized spacial score (nSPS) is 10.6. The number of rotatable bonds is 4. The summed E-state index contributed by atoms with van der Waals surface area (Å²) in [7, 11) is 1.50. The molecule has 0 aliphatic heterocycles. The molecule has 7 nitrogen and oxygen atoms in total. The smallest absolute Gasteiger partial charge is 0.255 e. The maximum absolute atomic E-state index is 12.3. The molecule has 0 saturated heterocycles. The van der Waals surface area contributed by atoms with Crippen LogP contribution >= 0.6 is 0 Å². The van der Waals surface area contributed by atoms with E-state index in [9.17, 15) is 4.79 Å². The van der Waals surface area contributed by atoms with Crippen LogP contribution in [-0.2, 0) is 6.54 Å². The van der Waals surface area contributed by atoms with Crippen LogP contribution in [0.15, 0.2) is 35.0 Å². The molecule has 0 aliphatic carbocycles. The van der Waals surface area contributed by atoms with E-state index < -0.39 is 0 Å². The third-order valence-electron chi connectivity index (χ3n) is 3.08. The Morgan fingerprint density at radius 1 is 1.41 bits per heavy atom. The lowest BCUT2D eigenvalue weighted by atomic mass is 10.2. The fourth-order valence-electron chi connectivity index (χ4n) is 2.03. The maximum Gasteiger partial charge on any atom is 0.255 e. The Bertz CT molecular complexity index is 796. The minimum atomic E-state index is -0.280. The molecule has 0 saturated carbocycles. The van der Waals surface area contributed by atoms with E-state index in [1.54, 1.807) is 24.4 Å². The Kier molecular flexibility index (Phi) is 3.69. The SMILES string of the molecule is COc1cnc(C)cc1C(=O)NCc1nc2ncccc2o1. The Labute approximate surface area is 126 Å². The summed E-state index contributed by atoms with van der Waals surface area (Å²) in [5, 5.41) is 2.75. The summed E-state index contributed by atoms with van der Waals surface area (Å²) in [5.41, 5.74) is 2.26. The van der Waals surface area contributed by atoms with Gasteiger partial charge in [-0.2, -0.15) is 4.98 Å². The standard InChI is InChI=1S/C15H14N4O3/c1-9-6-10(12(21-2)7-17-9)15(20)18-8-13-19-14-11(22-13)4-3-5-16-14/h3-7H,8H2,1-2H3,(H,18,20). The number of carbonyl (C=O) groups is 1. The largest absolute Gasteiger partial charge is 0.494 e. The number of nitrogens with one attached hydrogen (secondary N) is 1. The van der Waals surface area contributed by atoms with Crippen LogP contribution < -0.4 is 10.1 Å². The van der Waals surface area contributed by atoms with Gasteiger partial charge in [-0.25, -0.2) is 4.98 Å². The van der Waals surface area contributed by atoms with Gasteiger partial charge in [-0.15, -0.1) is 0 Å². The molecule has 3 rings (SSSR count). The van der Waals surface area contributed by atoms with Gasteiger partial charge in [0.2, 0.25) is 5.89 Å². The number of oxazole rings is 1. The fraction of sp³-hybridized carbons (Fsp3) is 0.200. The minimum absolute atomic E-state index is 0.166. The van der Waals surface area contributed by atoms with E-state index in [1.807, 2.05) is 6.92 Å². The quantitative estimate of drug-likeness (QED) is 0.790. The Morgan fingerprint density at radius 2 is 2.27 bits per heavy atom. The maximum atomic E-state index is 12.3. The van der Waals surface area contributed by atoms with E-state index in [-0.39, 0.29) is 12.5 Å². The second-order valence-electron chi connectivity index (χ2n) is 4.64. The molecule has 3 aromatic heterocycles. The third kappa shape index (κ3) is 2.73. The molecular formula is C15H14N4O3. The number of aromatic nitrogens is 3. The van der Waals surface area contributed by atoms with E-state index in [4.69, 9.17) is 9.15 Å². The summed E-state index contributed by atoms with van der Waals surface area (Å²) in [6.45, 7) is 1.97. The van der Waals surface area contributed by atoms with Crippen LogP contribution in [-0.4, -0.2) is 28.0 Å². The number of nitrogens with zero attached hydrogens (tertiary/aromatic N) is 3. The highest BCUT2D eigenvalue weighted by molar-refractivity contribution is 5.96. The zero-order valence-corrected chi connectivity index (χ0v) is 12.2. The lowest BCUT2D eigenvalue weighted by Crippen LogP contribution is -2.23. The number of hydrogen-bond acceptors (Lipinski definition) is 6. The molecule has 0 bridgehead atoms. The van der Waals surface area contributed by atoms with Gasteiger partial charge < -0.3 is 14.5 Å². The van der Waals surface area contributed by atoms with Crippen LogP contribution in [0.2, 0.25) is 0 Å². The average molecular weight is 298 g/mol. The van der Waals surface area contributed by atoms with Crippen molar-refractivity contribution >= 4 is 17.1 Å². The zero-order valence-electron chi connectivity index (χ0n) is 12.2. The molecule has 0 fully saturated rings. The summed E-state index contributed by atoms with van der Waals surface area (Å²) < 4.78 is 10.7. The molecule has 0 radical (unpaired) electrons. The molecule has 1 amide bonds. The number of aryl methyl sites for hydroxylation is 1. The van der Waals surface area contributed by atoms with Gasteiger partial charge in [-0.1, -0.05) is 0 Å². The molecule has 0 aromatic carbocycles. The van der Waals surface area contributed by atoms with Crippen LogP contribution in [0.25, 0.3) is 11.2 Å². The van der Waals surface area contributed by atoms with Crippen LogP contribution in [0.5, 0.6) is 5.75 Å². The van der Waals surface area contributed by atoms with Gasteiger partial charge in [0.05, 0.1) is 25.4 Å². The minimum Gasteiger partial charge on any atom is -0.494 e. The Balaban J connectivity index is 1.76. The van der Waals surface area contributed by atoms with Gasteiger partial charge in [-0.05, 0) is 25.1 Å². The molecule has 0 aliphatic rings. The lowest BCUT2D eigenvalue weighted by Gasteiger charge is -2.08. The summed E-state index contributed by atoms with van der Waals surface area (Å²) in [6.07, 6.45) is 3.16. The summed E-state index contributed by atoms with van der Waals surface area (Å²) >= 11 is 0. The second-order valence-corrected chi connectivity index (χ2v) is 4.64. The van der Waals surface area contributed by atoms with Crippen molar-refractivity contribution in [3.63, 3.8) is 0 Å². The van der Waals surface area contributed by atoms with Crippen LogP contribution in [0, 0.1) is 6.92 Å². The van der Waals surface area contributed by atoms with E-state index in [0.29, 0.717) is 28.4 Å². The third-order valence-corrected chi connectivity index (χ3v) is 3.08. The highest BCUT2D eigenvalue weighted by Gasteiger charge is 2.14. The van der Waals surface area contributed by atoms with Crippen molar-refractivity contribution in [1.29, 1.82) is 0 Å². The average Bonchev–Trinajstić information content (AvgIpc) is 2.95. The van der Waals surface area contributed by atoms with E-state index in [1.165, 1.54) is 13.3 Å². The van der Waals surface area contributed by atoms with Crippen LogP contribution in [0.4, 0.5) is 0 Å². The van der Waals surface area contributed by atoms with E-state index >= 15 is 0 Å². The van der Waals surface area contributed by atoms with Crippen molar-refractivity contribution in [2.45, 2.75) is 13.5 Å². The molecule has 7 heteroatoms. The molecule has 0 unspecified atom stereocenters. The first kappa shape index (κ1) is 14.0. The topological polar surface area (TPSA) is 90.1 Å². The molecule has 3 heterocycles. The first-order chi connectivity index (χ1) is 10.7. The van der Waals surface area contributed by atoms with Crippen molar-refractivity contribution in [1.82, 2.24) is 20.3 Å². The Hall–Kier alpha value is -2.96. The molecule has 1 N–H and O–H groups in total. The number of hydrogen-bond donors (Lipinski definition) is 1. The van der Waals surface area contributed by atoms with Crippen LogP contribution in [0.1, 0.15) is 21.9 Å². The predicted octanol–water partition coefficient (Wildman–Crippen LogP) is 1.86. The lowest BCUT2D eigenvalue weighted by molar-refractivity contribution is 0.0944. The number of ether oxygens (including phenoxy) is 1. The molecule has 0 atom stereocenters. The fourth-order valence-corrected chi connectivity index (χ4v) is 2.03. The number of carbonyl (C=O) groups excluding carboxylic acids is 1. The summed E-state index contributed by atoms with van der Waals surface area (Å²) in [6, 6.07) is 5.21. The van der Waals surface area contributed by atoms with E-state index in [0.717, 1.165) is 5.69 Å². The molecule has 0 spiro atoms. The van der Waals surface area contributed by atoms with Crippen molar-refractivity contribution in [2.24, 2.45) is 0 Å². The van der Waals surface area contributed by atoms with Gasteiger partial charge in [0.1, 0.15) is 5.75 Å². The van der Waals surface area contributed by atoms with Gasteiger partial charge in [-0.3, -0.25) is 9.78 Å². The highest BCUT2D eigenvalue weighted by atomic mass is 16.5. The van der Waals surface area contributed by atoms with Crippen molar-refractivity contribution in [3.05, 3.63) is 47.7 Å². The first-order valence-electron chi connectivity index (χ1n) is 6.66. The molecule has 22 heavy (non-hydrogen) atoms. The number of amides is 1. The van der Waals surface area contributed by atoms with E-state index in [2.05, 4.69) is 20.3 Å². The molecule has 3 aromatic rings. The summed E-state index contributed by atoms with van der Waals surface area (Å²) in [5.74, 6) is 0.534. The van der Waals surface area contributed by atoms with Gasteiger partial charge in [0, 0.05) is 11.9 Å². The zero-order chi connectivity index (χ0) is 15.5. The van der Waals surface area contributed by atoms with Crippen molar-refractivity contribution in [3.8, 4) is 5.75 Å².